The van der Waals surface area contributed by atoms with Crippen LogP contribution in [-0.4, -0.2) is 59.0 Å². The van der Waals surface area contributed by atoms with Crippen LogP contribution >= 0.6 is 0 Å². The molecule has 0 bridgehead atoms. The molecule has 0 spiro atoms. The van der Waals surface area contributed by atoms with Crippen LogP contribution in [0.15, 0.2) is 42.6 Å². The average Bonchev–Trinajstić information content (AvgIpc) is 3.30. The first-order valence-corrected chi connectivity index (χ1v) is 13.8. The Morgan fingerprint density at radius 2 is 1.58 bits per heavy atom. The Bertz CT molecular complexity index is 891. The van der Waals surface area contributed by atoms with Gasteiger partial charge in [0.1, 0.15) is 6.54 Å². The van der Waals surface area contributed by atoms with Gasteiger partial charge in [0.2, 0.25) is 5.91 Å². The van der Waals surface area contributed by atoms with Crippen molar-refractivity contribution >= 4 is 11.8 Å². The molecule has 0 unspecified atom stereocenters. The molecule has 2 rings (SSSR count). The molecule has 1 aromatic carbocycles. The van der Waals surface area contributed by atoms with Crippen LogP contribution in [0.25, 0.3) is 0 Å². The highest BCUT2D eigenvalue weighted by molar-refractivity contribution is 5.96. The fourth-order valence-electron chi connectivity index (χ4n) is 4.27. The standard InChI is InChI=1S/C30H47N3O3/c1-5-8-10-11-14-26-16-18-27(19-17-26)30(35)33(22-13-23-36-7-3)25-29(34)32(21-9-6-2)24-28-15-12-20-31(28)4/h12,15-20H,5-11,13-14,21-25H2,1-4H3. The lowest BCUT2D eigenvalue weighted by molar-refractivity contribution is -0.132. The molecule has 2 amide bonds. The Hall–Kier alpha value is -2.60. The van der Waals surface area contributed by atoms with Crippen molar-refractivity contribution < 1.29 is 14.3 Å². The number of ether oxygens (including phenoxy) is 1. The van der Waals surface area contributed by atoms with Gasteiger partial charge in [0.05, 0.1) is 6.54 Å². The third-order valence-electron chi connectivity index (χ3n) is 6.59. The monoisotopic (exact) mass is 497 g/mol. The number of aryl methyl sites for hydroxylation is 2. The minimum Gasteiger partial charge on any atom is -0.382 e. The number of hydrogen-bond acceptors (Lipinski definition) is 3. The van der Waals surface area contributed by atoms with E-state index in [1.54, 1.807) is 4.90 Å². The Balaban J connectivity index is 2.10. The zero-order valence-electron chi connectivity index (χ0n) is 23.0. The van der Waals surface area contributed by atoms with E-state index in [-0.39, 0.29) is 18.4 Å². The number of carbonyl (C=O) groups is 2. The van der Waals surface area contributed by atoms with Crippen molar-refractivity contribution in [2.75, 3.05) is 32.8 Å². The maximum absolute atomic E-state index is 13.5. The minimum atomic E-state index is -0.0910. The molecule has 0 N–H and O–H groups in total. The predicted octanol–water partition coefficient (Wildman–Crippen LogP) is 5.85. The number of rotatable bonds is 18. The molecule has 200 valence electrons. The summed E-state index contributed by atoms with van der Waals surface area (Å²) in [7, 11) is 1.99. The quantitative estimate of drug-likeness (QED) is 0.243. The number of benzene rings is 1. The Morgan fingerprint density at radius 1 is 0.861 bits per heavy atom. The largest absolute Gasteiger partial charge is 0.382 e. The highest BCUT2D eigenvalue weighted by Crippen LogP contribution is 2.14. The number of aromatic nitrogens is 1. The van der Waals surface area contributed by atoms with Gasteiger partial charge in [-0.15, -0.1) is 0 Å². The highest BCUT2D eigenvalue weighted by Gasteiger charge is 2.23. The summed E-state index contributed by atoms with van der Waals surface area (Å²) in [5, 5.41) is 0. The summed E-state index contributed by atoms with van der Waals surface area (Å²) in [6.07, 6.45) is 10.6. The van der Waals surface area contributed by atoms with Crippen LogP contribution in [-0.2, 0) is 29.5 Å². The van der Waals surface area contributed by atoms with Gasteiger partial charge in [-0.05, 0) is 62.4 Å². The van der Waals surface area contributed by atoms with Crippen molar-refractivity contribution in [2.24, 2.45) is 7.05 Å². The van der Waals surface area contributed by atoms with E-state index in [2.05, 4.69) is 26.0 Å². The van der Waals surface area contributed by atoms with Gasteiger partial charge in [-0.1, -0.05) is 51.7 Å². The number of unbranched alkanes of at least 4 members (excludes halogenated alkanes) is 4. The van der Waals surface area contributed by atoms with Crippen LogP contribution in [0.5, 0.6) is 0 Å². The summed E-state index contributed by atoms with van der Waals surface area (Å²) < 4.78 is 7.54. The van der Waals surface area contributed by atoms with E-state index in [1.165, 1.54) is 31.2 Å². The summed E-state index contributed by atoms with van der Waals surface area (Å²) in [5.41, 5.74) is 2.98. The summed E-state index contributed by atoms with van der Waals surface area (Å²) in [5.74, 6) is -0.103. The third kappa shape index (κ3) is 10.2. The van der Waals surface area contributed by atoms with Gasteiger partial charge in [-0.2, -0.15) is 0 Å². The van der Waals surface area contributed by atoms with E-state index in [0.29, 0.717) is 44.8 Å². The molecule has 6 nitrogen and oxygen atoms in total. The van der Waals surface area contributed by atoms with Crippen molar-refractivity contribution in [1.29, 1.82) is 0 Å². The Labute approximate surface area is 218 Å². The van der Waals surface area contributed by atoms with Gasteiger partial charge in [0.15, 0.2) is 0 Å². The van der Waals surface area contributed by atoms with Crippen molar-refractivity contribution in [3.8, 4) is 0 Å². The van der Waals surface area contributed by atoms with Crippen LogP contribution in [0.2, 0.25) is 0 Å². The van der Waals surface area contributed by atoms with Crippen molar-refractivity contribution in [2.45, 2.75) is 78.7 Å². The molecule has 0 aliphatic rings. The molecule has 0 aliphatic carbocycles. The molecule has 1 heterocycles. The Morgan fingerprint density at radius 3 is 2.22 bits per heavy atom. The maximum Gasteiger partial charge on any atom is 0.254 e. The van der Waals surface area contributed by atoms with Crippen LogP contribution < -0.4 is 0 Å². The van der Waals surface area contributed by atoms with E-state index in [1.807, 2.05) is 53.9 Å². The van der Waals surface area contributed by atoms with Gasteiger partial charge < -0.3 is 19.1 Å². The van der Waals surface area contributed by atoms with Gasteiger partial charge in [0, 0.05) is 50.8 Å². The maximum atomic E-state index is 13.5. The third-order valence-corrected chi connectivity index (χ3v) is 6.59. The molecule has 0 aliphatic heterocycles. The second-order valence-corrected chi connectivity index (χ2v) is 9.56. The van der Waals surface area contributed by atoms with Crippen LogP contribution in [0, 0.1) is 0 Å². The summed E-state index contributed by atoms with van der Waals surface area (Å²) in [4.78, 5) is 30.5. The molecule has 2 aromatic rings. The first-order chi connectivity index (χ1) is 17.5. The molecule has 0 saturated carbocycles. The smallest absolute Gasteiger partial charge is 0.254 e. The number of nitrogens with zero attached hydrogens (tertiary/aromatic N) is 3. The molecule has 0 fully saturated rings. The molecule has 0 atom stereocenters. The van der Waals surface area contributed by atoms with Crippen LogP contribution in [0.3, 0.4) is 0 Å². The normalized spacial score (nSPS) is 11.0. The molecule has 36 heavy (non-hydrogen) atoms. The van der Waals surface area contributed by atoms with E-state index in [0.717, 1.165) is 25.0 Å². The van der Waals surface area contributed by atoms with Crippen molar-refractivity contribution in [1.82, 2.24) is 14.4 Å². The molecule has 1 aromatic heterocycles. The Kier molecular flexibility index (Phi) is 14.0. The van der Waals surface area contributed by atoms with E-state index in [9.17, 15) is 9.59 Å². The van der Waals surface area contributed by atoms with E-state index in [4.69, 9.17) is 4.74 Å². The molecular weight excluding hydrogens is 450 g/mol. The fourth-order valence-corrected chi connectivity index (χ4v) is 4.27. The molecule has 0 radical (unpaired) electrons. The molecule has 0 saturated heterocycles. The summed E-state index contributed by atoms with van der Waals surface area (Å²) >= 11 is 0. The summed E-state index contributed by atoms with van der Waals surface area (Å²) in [6, 6.07) is 12.0. The van der Waals surface area contributed by atoms with Crippen LogP contribution in [0.4, 0.5) is 0 Å². The number of hydrogen-bond donors (Lipinski definition) is 0. The van der Waals surface area contributed by atoms with E-state index < -0.39 is 0 Å². The van der Waals surface area contributed by atoms with Gasteiger partial charge in [0.25, 0.3) is 5.91 Å². The molecular formula is C30H47N3O3. The lowest BCUT2D eigenvalue weighted by atomic mass is 10.0. The van der Waals surface area contributed by atoms with Crippen LogP contribution in [0.1, 0.15) is 87.3 Å². The van der Waals surface area contributed by atoms with Crippen molar-refractivity contribution in [3.05, 3.63) is 59.4 Å². The molecule has 6 heteroatoms. The van der Waals surface area contributed by atoms with Gasteiger partial charge in [-0.3, -0.25) is 9.59 Å². The lowest BCUT2D eigenvalue weighted by Crippen LogP contribution is -2.43. The topological polar surface area (TPSA) is 54.8 Å². The van der Waals surface area contributed by atoms with Gasteiger partial charge >= 0.3 is 0 Å². The first kappa shape index (κ1) is 29.6. The predicted molar refractivity (Wildman–Crippen MR) is 147 cm³/mol. The number of amides is 2. The van der Waals surface area contributed by atoms with E-state index >= 15 is 0 Å². The fraction of sp³-hybridized carbons (Fsp3) is 0.600. The minimum absolute atomic E-state index is 0.0121. The lowest BCUT2D eigenvalue weighted by Gasteiger charge is -2.28. The number of carbonyl (C=O) groups excluding carboxylic acids is 2. The zero-order chi connectivity index (χ0) is 26.2. The zero-order valence-corrected chi connectivity index (χ0v) is 23.0. The SMILES string of the molecule is CCCCCCc1ccc(C(=O)N(CCCOCC)CC(=O)N(CCCC)Cc2cccn2C)cc1. The average molecular weight is 498 g/mol. The second kappa shape index (κ2) is 17.0. The first-order valence-electron chi connectivity index (χ1n) is 13.8. The highest BCUT2D eigenvalue weighted by atomic mass is 16.5. The van der Waals surface area contributed by atoms with Gasteiger partial charge in [-0.25, -0.2) is 0 Å². The van der Waals surface area contributed by atoms with Crippen molar-refractivity contribution in [3.63, 3.8) is 0 Å². The second-order valence-electron chi connectivity index (χ2n) is 9.56. The summed E-state index contributed by atoms with van der Waals surface area (Å²) in [6.45, 7) is 9.35.